The zero-order chi connectivity index (χ0) is 19.6. The van der Waals surface area contributed by atoms with Crippen LogP contribution < -0.4 is 10.0 Å². The molecule has 2 N–H and O–H groups in total. The molecule has 0 heterocycles. The molecule has 1 aromatic carbocycles. The van der Waals surface area contributed by atoms with Crippen LogP contribution in [0, 0.1) is 0 Å². The Morgan fingerprint density at radius 2 is 1.85 bits per heavy atom. The van der Waals surface area contributed by atoms with E-state index in [1.54, 1.807) is 24.3 Å². The molecule has 0 unspecified atom stereocenters. The van der Waals surface area contributed by atoms with Gasteiger partial charge in [-0.1, -0.05) is 37.3 Å². The Balaban J connectivity index is 2.32. The van der Waals surface area contributed by atoms with E-state index < -0.39 is 21.9 Å². The number of hydrogen-bond acceptors (Lipinski definition) is 5. The van der Waals surface area contributed by atoms with Crippen LogP contribution in [0.25, 0.3) is 6.08 Å². The van der Waals surface area contributed by atoms with Gasteiger partial charge in [-0.15, -0.1) is 0 Å². The van der Waals surface area contributed by atoms with Crippen molar-refractivity contribution in [1.82, 2.24) is 10.0 Å². The lowest BCUT2D eigenvalue weighted by Gasteiger charge is -2.24. The molecule has 1 rings (SSSR count). The van der Waals surface area contributed by atoms with Crippen LogP contribution >= 0.6 is 0 Å². The fourth-order valence-corrected chi connectivity index (χ4v) is 2.61. The van der Waals surface area contributed by atoms with Crippen LogP contribution in [-0.2, 0) is 24.3 Å². The van der Waals surface area contributed by atoms with Crippen molar-refractivity contribution in [1.29, 1.82) is 0 Å². The summed E-state index contributed by atoms with van der Waals surface area (Å²) in [6.45, 7) is 5.17. The van der Waals surface area contributed by atoms with E-state index in [1.165, 1.54) is 6.08 Å². The third kappa shape index (κ3) is 9.33. The first-order chi connectivity index (χ1) is 12.1. The summed E-state index contributed by atoms with van der Waals surface area (Å²) in [5.74, 6) is -1.04. The standard InChI is InChI=1S/C18H26N2O5S/c1-4-18(2,3)20-16(21)14-25-17(22)10-12-19-26(23,24)13-11-15-8-6-5-7-9-15/h5-9,11,13,19H,4,10,12,14H2,1-3H3,(H,20,21)/b13-11+. The number of nitrogens with one attached hydrogen (secondary N) is 2. The van der Waals surface area contributed by atoms with E-state index in [0.29, 0.717) is 0 Å². The van der Waals surface area contributed by atoms with E-state index in [-0.39, 0.29) is 25.1 Å². The van der Waals surface area contributed by atoms with Crippen molar-refractivity contribution in [3.63, 3.8) is 0 Å². The van der Waals surface area contributed by atoms with Gasteiger partial charge in [0.1, 0.15) is 0 Å². The Labute approximate surface area is 154 Å². The maximum Gasteiger partial charge on any atom is 0.307 e. The summed E-state index contributed by atoms with van der Waals surface area (Å²) in [4.78, 5) is 23.3. The molecule has 26 heavy (non-hydrogen) atoms. The van der Waals surface area contributed by atoms with Gasteiger partial charge in [-0.25, -0.2) is 13.1 Å². The Morgan fingerprint density at radius 3 is 2.46 bits per heavy atom. The smallest absolute Gasteiger partial charge is 0.307 e. The lowest BCUT2D eigenvalue weighted by atomic mass is 10.0. The molecule has 0 aromatic heterocycles. The third-order valence-electron chi connectivity index (χ3n) is 3.60. The van der Waals surface area contributed by atoms with Crippen molar-refractivity contribution in [3.8, 4) is 0 Å². The molecule has 0 saturated heterocycles. The molecular formula is C18H26N2O5S. The highest BCUT2D eigenvalue weighted by molar-refractivity contribution is 7.92. The van der Waals surface area contributed by atoms with Crippen LogP contribution in [0.1, 0.15) is 39.2 Å². The number of carbonyl (C=O) groups is 2. The highest BCUT2D eigenvalue weighted by Gasteiger charge is 2.18. The van der Waals surface area contributed by atoms with Crippen LogP contribution in [0.2, 0.25) is 0 Å². The van der Waals surface area contributed by atoms with Crippen LogP contribution in [0.15, 0.2) is 35.7 Å². The first-order valence-electron chi connectivity index (χ1n) is 8.33. The maximum atomic E-state index is 11.8. The van der Waals surface area contributed by atoms with Crippen molar-refractivity contribution in [2.24, 2.45) is 0 Å². The summed E-state index contributed by atoms with van der Waals surface area (Å²) in [5, 5.41) is 3.77. The molecule has 1 amide bonds. The van der Waals surface area contributed by atoms with E-state index in [1.807, 2.05) is 26.8 Å². The molecule has 0 spiro atoms. The number of carbonyl (C=O) groups excluding carboxylic acids is 2. The molecule has 0 saturated carbocycles. The van der Waals surface area contributed by atoms with Gasteiger partial charge in [0.2, 0.25) is 10.0 Å². The Bertz CT molecular complexity index is 727. The fraction of sp³-hybridized carbons (Fsp3) is 0.444. The zero-order valence-electron chi connectivity index (χ0n) is 15.3. The number of ether oxygens (including phenoxy) is 1. The number of benzene rings is 1. The van der Waals surface area contributed by atoms with Gasteiger partial charge < -0.3 is 10.1 Å². The minimum atomic E-state index is -3.65. The fourth-order valence-electron chi connectivity index (χ4n) is 1.80. The normalized spacial score (nSPS) is 12.1. The van der Waals surface area contributed by atoms with Crippen LogP contribution in [0.4, 0.5) is 0 Å². The highest BCUT2D eigenvalue weighted by Crippen LogP contribution is 2.06. The molecule has 0 atom stereocenters. The van der Waals surface area contributed by atoms with E-state index in [4.69, 9.17) is 4.74 Å². The van der Waals surface area contributed by atoms with Crippen LogP contribution in [0.3, 0.4) is 0 Å². The summed E-state index contributed by atoms with van der Waals surface area (Å²) < 4.78 is 30.8. The van der Waals surface area contributed by atoms with Gasteiger partial charge in [-0.05, 0) is 31.9 Å². The number of sulfonamides is 1. The second-order valence-corrected chi connectivity index (χ2v) is 8.00. The van der Waals surface area contributed by atoms with Crippen molar-refractivity contribution < 1.29 is 22.7 Å². The molecule has 1 aromatic rings. The first kappa shape index (κ1) is 21.9. The minimum absolute atomic E-state index is 0.109. The quantitative estimate of drug-likeness (QED) is 0.601. The van der Waals surface area contributed by atoms with Gasteiger partial charge in [0.15, 0.2) is 6.61 Å². The van der Waals surface area contributed by atoms with Gasteiger partial charge in [-0.2, -0.15) is 0 Å². The van der Waals surface area contributed by atoms with E-state index >= 15 is 0 Å². The number of rotatable bonds is 10. The molecule has 144 valence electrons. The Kier molecular flexibility index (Phi) is 8.47. The largest absolute Gasteiger partial charge is 0.456 e. The predicted octanol–water partition coefficient (Wildman–Crippen LogP) is 1.81. The highest BCUT2D eigenvalue weighted by atomic mass is 32.2. The summed E-state index contributed by atoms with van der Waals surface area (Å²) >= 11 is 0. The van der Waals surface area contributed by atoms with E-state index in [0.717, 1.165) is 17.4 Å². The van der Waals surface area contributed by atoms with Gasteiger partial charge in [0, 0.05) is 17.5 Å². The lowest BCUT2D eigenvalue weighted by molar-refractivity contribution is -0.148. The second kappa shape index (κ2) is 10.1. The molecule has 0 bridgehead atoms. The summed E-state index contributed by atoms with van der Waals surface area (Å²) in [6, 6.07) is 8.97. The van der Waals surface area contributed by atoms with Gasteiger partial charge >= 0.3 is 5.97 Å². The molecule has 7 nitrogen and oxygen atoms in total. The second-order valence-electron chi connectivity index (χ2n) is 6.35. The summed E-state index contributed by atoms with van der Waals surface area (Å²) in [7, 11) is -3.65. The average Bonchev–Trinajstić information content (AvgIpc) is 2.59. The molecule has 0 radical (unpaired) electrons. The molecule has 0 aliphatic rings. The third-order valence-corrected chi connectivity index (χ3v) is 4.70. The maximum absolute atomic E-state index is 11.8. The van der Waals surface area contributed by atoms with Gasteiger partial charge in [0.05, 0.1) is 6.42 Å². The van der Waals surface area contributed by atoms with Crippen LogP contribution in [0.5, 0.6) is 0 Å². The zero-order valence-corrected chi connectivity index (χ0v) is 16.1. The van der Waals surface area contributed by atoms with Crippen molar-refractivity contribution in [2.75, 3.05) is 13.2 Å². The molecule has 8 heteroatoms. The Hall–Kier alpha value is -2.19. The molecular weight excluding hydrogens is 356 g/mol. The van der Waals surface area contributed by atoms with Gasteiger partial charge in [0.25, 0.3) is 5.91 Å². The number of hydrogen-bond donors (Lipinski definition) is 2. The molecule has 0 aliphatic carbocycles. The van der Waals surface area contributed by atoms with Crippen molar-refractivity contribution in [2.45, 2.75) is 39.2 Å². The topological polar surface area (TPSA) is 102 Å². The lowest BCUT2D eigenvalue weighted by Crippen LogP contribution is -2.44. The Morgan fingerprint density at radius 1 is 1.19 bits per heavy atom. The van der Waals surface area contributed by atoms with E-state index in [2.05, 4.69) is 10.0 Å². The molecule has 0 fully saturated rings. The summed E-state index contributed by atoms with van der Waals surface area (Å²) in [5.41, 5.74) is 0.378. The number of amides is 1. The van der Waals surface area contributed by atoms with Crippen molar-refractivity contribution >= 4 is 28.0 Å². The SMILES string of the molecule is CCC(C)(C)NC(=O)COC(=O)CCNS(=O)(=O)/C=C/c1ccccc1. The van der Waals surface area contributed by atoms with Crippen molar-refractivity contribution in [3.05, 3.63) is 41.3 Å². The predicted molar refractivity (Wildman–Crippen MR) is 100 cm³/mol. The monoisotopic (exact) mass is 382 g/mol. The van der Waals surface area contributed by atoms with Crippen LogP contribution in [-0.4, -0.2) is 39.0 Å². The van der Waals surface area contributed by atoms with Gasteiger partial charge in [-0.3, -0.25) is 9.59 Å². The average molecular weight is 382 g/mol. The molecule has 0 aliphatic heterocycles. The van der Waals surface area contributed by atoms with E-state index in [9.17, 15) is 18.0 Å². The number of esters is 1. The minimum Gasteiger partial charge on any atom is -0.456 e. The summed E-state index contributed by atoms with van der Waals surface area (Å²) in [6.07, 6.45) is 2.04. The first-order valence-corrected chi connectivity index (χ1v) is 9.87.